The van der Waals surface area contributed by atoms with Crippen molar-refractivity contribution in [1.29, 1.82) is 0 Å². The second kappa shape index (κ2) is 9.39. The molecule has 0 fully saturated rings. The highest BCUT2D eigenvalue weighted by atomic mass is 35.5. The largest absolute Gasteiger partial charge is 0.350 e. The van der Waals surface area contributed by atoms with Crippen LogP contribution < -0.4 is 15.6 Å². The standard InChI is InChI=1S/C19H17Cl4N5O2/c1-9(2)25-18(29)11-6-10(20)7-13(22)16(11)26-19(30)14-8-15(23)27-28(14)17-12(21)4-3-5-24-17/h3-7,9,14H,8H2,1-2H3,(H,25,29)(H,26,30). The maximum absolute atomic E-state index is 13.1. The molecule has 0 aliphatic carbocycles. The Morgan fingerprint density at radius 3 is 2.57 bits per heavy atom. The predicted molar refractivity (Wildman–Crippen MR) is 121 cm³/mol. The molecular weight excluding hydrogens is 472 g/mol. The SMILES string of the molecule is CC(C)NC(=O)c1cc(Cl)cc(Cl)c1NC(=O)C1CC(Cl)=NN1c1ncccc1Cl. The Balaban J connectivity index is 1.92. The van der Waals surface area contributed by atoms with Gasteiger partial charge in [-0.05, 0) is 38.1 Å². The van der Waals surface area contributed by atoms with E-state index in [2.05, 4.69) is 20.7 Å². The number of halogens is 4. The highest BCUT2D eigenvalue weighted by molar-refractivity contribution is 6.66. The van der Waals surface area contributed by atoms with Gasteiger partial charge in [-0.3, -0.25) is 9.59 Å². The molecule has 1 atom stereocenters. The number of nitrogens with one attached hydrogen (secondary N) is 2. The van der Waals surface area contributed by atoms with Crippen LogP contribution in [0.5, 0.6) is 0 Å². The highest BCUT2D eigenvalue weighted by Gasteiger charge is 2.35. The summed E-state index contributed by atoms with van der Waals surface area (Å²) in [7, 11) is 0. The van der Waals surface area contributed by atoms with Gasteiger partial charge in [-0.1, -0.05) is 46.4 Å². The first-order chi connectivity index (χ1) is 14.2. The molecular formula is C19H17Cl4N5O2. The zero-order valence-electron chi connectivity index (χ0n) is 15.9. The lowest BCUT2D eigenvalue weighted by Crippen LogP contribution is -2.39. The summed E-state index contributed by atoms with van der Waals surface area (Å²) in [6, 6.07) is 5.21. The summed E-state index contributed by atoms with van der Waals surface area (Å²) < 4.78 is 0. The fourth-order valence-corrected chi connectivity index (χ4v) is 3.82. The number of hydrogen-bond donors (Lipinski definition) is 2. The van der Waals surface area contributed by atoms with Crippen molar-refractivity contribution in [2.75, 3.05) is 10.3 Å². The van der Waals surface area contributed by atoms with E-state index in [1.807, 2.05) is 13.8 Å². The Morgan fingerprint density at radius 1 is 1.17 bits per heavy atom. The third-order valence-corrected chi connectivity index (χ3v) is 5.14. The average molecular weight is 489 g/mol. The van der Waals surface area contributed by atoms with Crippen molar-refractivity contribution in [1.82, 2.24) is 10.3 Å². The zero-order chi connectivity index (χ0) is 22.0. The Hall–Kier alpha value is -2.06. The van der Waals surface area contributed by atoms with E-state index in [0.29, 0.717) is 5.02 Å². The number of nitrogens with zero attached hydrogens (tertiary/aromatic N) is 3. The molecule has 7 nitrogen and oxygen atoms in total. The van der Waals surface area contributed by atoms with E-state index in [-0.39, 0.29) is 44.7 Å². The number of aromatic nitrogens is 1. The summed E-state index contributed by atoms with van der Waals surface area (Å²) in [4.78, 5) is 29.9. The first-order valence-electron chi connectivity index (χ1n) is 8.91. The molecule has 0 saturated heterocycles. The van der Waals surface area contributed by atoms with Gasteiger partial charge in [-0.15, -0.1) is 0 Å². The normalized spacial score (nSPS) is 15.9. The van der Waals surface area contributed by atoms with Crippen LogP contribution in [0.15, 0.2) is 35.6 Å². The molecule has 0 radical (unpaired) electrons. The number of rotatable bonds is 5. The van der Waals surface area contributed by atoms with E-state index < -0.39 is 17.9 Å². The molecule has 2 amide bonds. The lowest BCUT2D eigenvalue weighted by molar-refractivity contribution is -0.117. The summed E-state index contributed by atoms with van der Waals surface area (Å²) in [6.07, 6.45) is 1.67. The van der Waals surface area contributed by atoms with Gasteiger partial charge >= 0.3 is 0 Å². The molecule has 1 aliphatic heterocycles. The number of pyridine rings is 1. The fraction of sp³-hybridized carbons (Fsp3) is 0.263. The van der Waals surface area contributed by atoms with Crippen LogP contribution in [-0.2, 0) is 4.79 Å². The van der Waals surface area contributed by atoms with E-state index in [1.165, 1.54) is 23.3 Å². The molecule has 2 heterocycles. The van der Waals surface area contributed by atoms with Crippen molar-refractivity contribution in [3.8, 4) is 0 Å². The van der Waals surface area contributed by atoms with Crippen molar-refractivity contribution < 1.29 is 9.59 Å². The van der Waals surface area contributed by atoms with Gasteiger partial charge in [0.05, 0.1) is 21.3 Å². The Morgan fingerprint density at radius 2 is 1.90 bits per heavy atom. The minimum atomic E-state index is -0.836. The number of carbonyl (C=O) groups excluding carboxylic acids is 2. The van der Waals surface area contributed by atoms with Crippen LogP contribution in [0.3, 0.4) is 0 Å². The van der Waals surface area contributed by atoms with Crippen molar-refractivity contribution in [2.24, 2.45) is 5.10 Å². The molecule has 0 saturated carbocycles. The summed E-state index contributed by atoms with van der Waals surface area (Å²) in [5, 5.41) is 11.9. The van der Waals surface area contributed by atoms with Crippen LogP contribution in [0, 0.1) is 0 Å². The Kier molecular flexibility index (Phi) is 7.08. The molecule has 30 heavy (non-hydrogen) atoms. The van der Waals surface area contributed by atoms with Crippen LogP contribution in [0.1, 0.15) is 30.6 Å². The third-order valence-electron chi connectivity index (χ3n) is 4.10. The van der Waals surface area contributed by atoms with Crippen molar-refractivity contribution in [3.63, 3.8) is 0 Å². The van der Waals surface area contributed by atoms with Crippen LogP contribution in [0.25, 0.3) is 0 Å². The molecule has 2 N–H and O–H groups in total. The molecule has 3 rings (SSSR count). The molecule has 0 bridgehead atoms. The van der Waals surface area contributed by atoms with Crippen LogP contribution in [0.4, 0.5) is 11.5 Å². The van der Waals surface area contributed by atoms with E-state index >= 15 is 0 Å². The molecule has 1 aromatic heterocycles. The van der Waals surface area contributed by atoms with Gasteiger partial charge in [-0.25, -0.2) is 9.99 Å². The number of carbonyl (C=O) groups is 2. The Bertz CT molecular complexity index is 1030. The molecule has 11 heteroatoms. The van der Waals surface area contributed by atoms with Crippen LogP contribution >= 0.6 is 46.4 Å². The predicted octanol–water partition coefficient (Wildman–Crippen LogP) is 4.95. The molecule has 1 unspecified atom stereocenters. The second-order valence-corrected chi connectivity index (χ2v) is 8.46. The number of amides is 2. The quantitative estimate of drug-likeness (QED) is 0.623. The smallest absolute Gasteiger partial charge is 0.253 e. The molecule has 1 aromatic carbocycles. The van der Waals surface area contributed by atoms with Crippen LogP contribution in [0.2, 0.25) is 15.1 Å². The van der Waals surface area contributed by atoms with E-state index in [0.717, 1.165) is 0 Å². The van der Waals surface area contributed by atoms with Gasteiger partial charge in [0.15, 0.2) is 5.82 Å². The molecule has 158 valence electrons. The Labute approximate surface area is 193 Å². The van der Waals surface area contributed by atoms with Gasteiger partial charge < -0.3 is 10.6 Å². The average Bonchev–Trinajstić information content (AvgIpc) is 3.05. The second-order valence-electron chi connectivity index (χ2n) is 6.78. The van der Waals surface area contributed by atoms with Gasteiger partial charge in [-0.2, -0.15) is 5.10 Å². The summed E-state index contributed by atoms with van der Waals surface area (Å²) in [6.45, 7) is 3.63. The zero-order valence-corrected chi connectivity index (χ0v) is 18.9. The lowest BCUT2D eigenvalue weighted by atomic mass is 10.1. The molecule has 2 aromatic rings. The maximum Gasteiger partial charge on any atom is 0.253 e. The third kappa shape index (κ3) is 4.98. The van der Waals surface area contributed by atoms with Gasteiger partial charge in [0.25, 0.3) is 5.91 Å². The fourth-order valence-electron chi connectivity index (χ4n) is 2.84. The van der Waals surface area contributed by atoms with Gasteiger partial charge in [0.1, 0.15) is 11.2 Å². The van der Waals surface area contributed by atoms with Crippen LogP contribution in [-0.4, -0.2) is 34.1 Å². The topological polar surface area (TPSA) is 86.7 Å². The van der Waals surface area contributed by atoms with Crippen molar-refractivity contribution in [2.45, 2.75) is 32.4 Å². The monoisotopic (exact) mass is 487 g/mol. The van der Waals surface area contributed by atoms with E-state index in [9.17, 15) is 9.59 Å². The van der Waals surface area contributed by atoms with E-state index in [1.54, 1.807) is 12.1 Å². The molecule has 1 aliphatic rings. The van der Waals surface area contributed by atoms with Crippen molar-refractivity contribution >= 4 is 74.9 Å². The van der Waals surface area contributed by atoms with E-state index in [4.69, 9.17) is 46.4 Å². The summed E-state index contributed by atoms with van der Waals surface area (Å²) in [5.41, 5.74) is 0.279. The lowest BCUT2D eigenvalue weighted by Gasteiger charge is -2.23. The van der Waals surface area contributed by atoms with Crippen molar-refractivity contribution in [3.05, 3.63) is 51.1 Å². The number of hydrogen-bond acceptors (Lipinski definition) is 5. The number of hydrazone groups is 1. The number of benzene rings is 1. The molecule has 0 spiro atoms. The minimum absolute atomic E-state index is 0.122. The first kappa shape index (κ1) is 22.6. The first-order valence-corrected chi connectivity index (χ1v) is 10.4. The summed E-state index contributed by atoms with van der Waals surface area (Å²) >= 11 is 24.6. The minimum Gasteiger partial charge on any atom is -0.350 e. The maximum atomic E-state index is 13.1. The van der Waals surface area contributed by atoms with Gasteiger partial charge in [0, 0.05) is 23.7 Å². The highest BCUT2D eigenvalue weighted by Crippen LogP contribution is 2.33. The summed E-state index contributed by atoms with van der Waals surface area (Å²) in [5.74, 6) is -0.621. The van der Waals surface area contributed by atoms with Gasteiger partial charge in [0.2, 0.25) is 5.91 Å². The number of anilines is 2.